The molecule has 1 saturated heterocycles. The maximum atomic E-state index is 13.7. The number of benzene rings is 1. The second-order valence-electron chi connectivity index (χ2n) is 9.93. The lowest BCUT2D eigenvalue weighted by Gasteiger charge is -2.40. The van der Waals surface area contributed by atoms with E-state index >= 15 is 0 Å². The second-order valence-corrected chi connectivity index (χ2v) is 11.0. The topological polar surface area (TPSA) is 58.6 Å². The number of amides is 2. The van der Waals surface area contributed by atoms with Crippen LogP contribution in [-0.4, -0.2) is 42.5 Å². The molecule has 32 heavy (non-hydrogen) atoms. The van der Waals surface area contributed by atoms with Gasteiger partial charge in [0.25, 0.3) is 5.91 Å². The molecular weight excluding hydrogens is 420 g/mol. The van der Waals surface area contributed by atoms with Crippen LogP contribution in [-0.2, 0) is 17.6 Å². The number of carbonyl (C=O) groups excluding carboxylic acids is 2. The molecular formula is C26H34N2O3S. The van der Waals surface area contributed by atoms with Crippen molar-refractivity contribution in [3.05, 3.63) is 40.3 Å². The average Bonchev–Trinajstić information content (AvgIpc) is 3.18. The molecule has 6 heteroatoms. The van der Waals surface area contributed by atoms with Gasteiger partial charge < -0.3 is 15.0 Å². The van der Waals surface area contributed by atoms with Crippen LogP contribution in [0.2, 0.25) is 0 Å². The number of piperazine rings is 1. The summed E-state index contributed by atoms with van der Waals surface area (Å²) < 4.78 is 5.39. The number of nitrogens with zero attached hydrogens (tertiary/aromatic N) is 1. The average molecular weight is 455 g/mol. The van der Waals surface area contributed by atoms with Gasteiger partial charge in [-0.2, -0.15) is 0 Å². The van der Waals surface area contributed by atoms with Gasteiger partial charge in [-0.25, -0.2) is 0 Å². The zero-order chi connectivity index (χ0) is 23.0. The van der Waals surface area contributed by atoms with Gasteiger partial charge in [-0.3, -0.25) is 9.59 Å². The van der Waals surface area contributed by atoms with E-state index in [9.17, 15) is 9.59 Å². The summed E-state index contributed by atoms with van der Waals surface area (Å²) in [5, 5.41) is 3.17. The number of aryl methyl sites for hydroxylation is 2. The van der Waals surface area contributed by atoms with E-state index in [2.05, 4.69) is 51.2 Å². The number of thiophene rings is 1. The fourth-order valence-electron chi connectivity index (χ4n) is 4.94. The number of hydrogen-bond acceptors (Lipinski definition) is 4. The third-order valence-corrected chi connectivity index (χ3v) is 7.59. The van der Waals surface area contributed by atoms with Gasteiger partial charge in [0.15, 0.2) is 0 Å². The lowest BCUT2D eigenvalue weighted by molar-refractivity contribution is -0.130. The van der Waals surface area contributed by atoms with Crippen LogP contribution in [0.25, 0.3) is 10.4 Å². The molecule has 2 aliphatic rings. The molecule has 1 aromatic carbocycles. The zero-order valence-corrected chi connectivity index (χ0v) is 20.6. The largest absolute Gasteiger partial charge is 0.497 e. The fraction of sp³-hybridized carbons (Fsp3) is 0.538. The van der Waals surface area contributed by atoms with Crippen molar-refractivity contribution >= 4 is 23.2 Å². The van der Waals surface area contributed by atoms with Gasteiger partial charge in [-0.15, -0.1) is 11.3 Å². The normalized spacial score (nSPS) is 20.2. The van der Waals surface area contributed by atoms with Crippen molar-refractivity contribution in [2.45, 2.75) is 65.5 Å². The molecule has 4 rings (SSSR count). The van der Waals surface area contributed by atoms with E-state index in [1.54, 1.807) is 18.4 Å². The molecule has 0 spiro atoms. The number of rotatable bonds is 6. The Kier molecular flexibility index (Phi) is 6.61. The molecule has 1 fully saturated rings. The summed E-state index contributed by atoms with van der Waals surface area (Å²) in [6.07, 6.45) is 3.42. The number of hydrogen-bond donors (Lipinski definition) is 1. The quantitative estimate of drug-likeness (QED) is 0.674. The molecule has 1 aliphatic carbocycles. The third kappa shape index (κ3) is 4.56. The Labute approximate surface area is 195 Å². The number of ether oxygens (including phenoxy) is 1. The highest BCUT2D eigenvalue weighted by Crippen LogP contribution is 2.41. The molecule has 2 amide bonds. The van der Waals surface area contributed by atoms with Gasteiger partial charge >= 0.3 is 0 Å². The molecule has 1 aliphatic heterocycles. The predicted octanol–water partition coefficient (Wildman–Crippen LogP) is 4.92. The summed E-state index contributed by atoms with van der Waals surface area (Å²) in [7, 11) is 1.69. The van der Waals surface area contributed by atoms with Crippen LogP contribution in [0.5, 0.6) is 5.75 Å². The maximum Gasteiger partial charge on any atom is 0.264 e. The first-order chi connectivity index (χ1) is 15.3. The summed E-state index contributed by atoms with van der Waals surface area (Å²) in [6, 6.07) is 7.86. The Morgan fingerprint density at radius 3 is 2.53 bits per heavy atom. The van der Waals surface area contributed by atoms with E-state index in [0.29, 0.717) is 24.8 Å². The lowest BCUT2D eigenvalue weighted by Crippen LogP contribution is -2.62. The standard InChI is InChI=1S/C26H34N2O3S/c1-15(2)10-19-14-28(22(11-16(3)4)25(29)27-19)26(30)23-13-18-7-6-17-12-20(31-5)8-9-21(17)24(18)32-23/h8-9,12-13,15-16,19,22H,6-7,10-11,14H2,1-5H3,(H,27,29). The van der Waals surface area contributed by atoms with Crippen molar-refractivity contribution in [3.8, 4) is 16.2 Å². The maximum absolute atomic E-state index is 13.7. The molecule has 0 radical (unpaired) electrons. The first-order valence-electron chi connectivity index (χ1n) is 11.7. The minimum absolute atomic E-state index is 0.00582. The van der Waals surface area contributed by atoms with Crippen molar-refractivity contribution in [2.24, 2.45) is 11.8 Å². The van der Waals surface area contributed by atoms with Crippen molar-refractivity contribution in [3.63, 3.8) is 0 Å². The van der Waals surface area contributed by atoms with Crippen LogP contribution in [0, 0.1) is 11.8 Å². The van der Waals surface area contributed by atoms with Crippen LogP contribution in [0.4, 0.5) is 0 Å². The molecule has 0 bridgehead atoms. The number of nitrogens with one attached hydrogen (secondary N) is 1. The van der Waals surface area contributed by atoms with Crippen LogP contribution in [0.15, 0.2) is 24.3 Å². The Balaban J connectivity index is 1.64. The molecule has 2 heterocycles. The second kappa shape index (κ2) is 9.26. The molecule has 5 nitrogen and oxygen atoms in total. The van der Waals surface area contributed by atoms with Crippen LogP contribution in [0.1, 0.15) is 61.3 Å². The SMILES string of the molecule is COc1ccc2c(c1)CCc1cc(C(=O)N3CC(CC(C)C)NC(=O)C3CC(C)C)sc1-2. The number of carbonyl (C=O) groups is 2. The van der Waals surface area contributed by atoms with Gasteiger partial charge in [0, 0.05) is 17.5 Å². The predicted molar refractivity (Wildman–Crippen MR) is 129 cm³/mol. The Morgan fingerprint density at radius 2 is 1.84 bits per heavy atom. The van der Waals surface area contributed by atoms with Gasteiger partial charge in [0.1, 0.15) is 11.8 Å². The highest BCUT2D eigenvalue weighted by Gasteiger charge is 2.39. The molecule has 1 aromatic heterocycles. The summed E-state index contributed by atoms with van der Waals surface area (Å²) in [6.45, 7) is 9.09. The Bertz CT molecular complexity index is 1010. The van der Waals surface area contributed by atoms with Crippen molar-refractivity contribution in [1.29, 1.82) is 0 Å². The zero-order valence-electron chi connectivity index (χ0n) is 19.7. The summed E-state index contributed by atoms with van der Waals surface area (Å²) in [5.41, 5.74) is 3.70. The molecule has 2 atom stereocenters. The number of fused-ring (bicyclic) bond motifs is 3. The van der Waals surface area contributed by atoms with E-state index in [4.69, 9.17) is 4.74 Å². The first-order valence-corrected chi connectivity index (χ1v) is 12.5. The highest BCUT2D eigenvalue weighted by atomic mass is 32.1. The van der Waals surface area contributed by atoms with Crippen molar-refractivity contribution in [1.82, 2.24) is 10.2 Å². The van der Waals surface area contributed by atoms with Crippen LogP contribution >= 0.6 is 11.3 Å². The highest BCUT2D eigenvalue weighted by molar-refractivity contribution is 7.17. The molecule has 0 saturated carbocycles. The molecule has 2 unspecified atom stereocenters. The van der Waals surface area contributed by atoms with Crippen molar-refractivity contribution < 1.29 is 14.3 Å². The fourth-order valence-corrected chi connectivity index (χ4v) is 6.17. The monoisotopic (exact) mass is 454 g/mol. The van der Waals surface area contributed by atoms with E-state index in [-0.39, 0.29) is 17.9 Å². The summed E-state index contributed by atoms with van der Waals surface area (Å²) in [4.78, 5) is 30.5. The van der Waals surface area contributed by atoms with E-state index in [0.717, 1.165) is 29.9 Å². The summed E-state index contributed by atoms with van der Waals surface area (Å²) >= 11 is 1.57. The Hall–Kier alpha value is -2.34. The number of methoxy groups -OCH3 is 1. The van der Waals surface area contributed by atoms with E-state index < -0.39 is 6.04 Å². The molecule has 1 N–H and O–H groups in total. The smallest absolute Gasteiger partial charge is 0.264 e. The summed E-state index contributed by atoms with van der Waals surface area (Å²) in [5.74, 6) is 1.64. The Morgan fingerprint density at radius 1 is 1.12 bits per heavy atom. The van der Waals surface area contributed by atoms with Crippen LogP contribution in [0.3, 0.4) is 0 Å². The van der Waals surface area contributed by atoms with Gasteiger partial charge in [-0.05, 0) is 78.5 Å². The van der Waals surface area contributed by atoms with Gasteiger partial charge in [0.2, 0.25) is 5.91 Å². The van der Waals surface area contributed by atoms with Crippen molar-refractivity contribution in [2.75, 3.05) is 13.7 Å². The third-order valence-electron chi connectivity index (χ3n) is 6.39. The van der Waals surface area contributed by atoms with E-state index in [1.807, 2.05) is 11.0 Å². The molecule has 172 valence electrons. The first kappa shape index (κ1) is 22.8. The molecule has 2 aromatic rings. The minimum Gasteiger partial charge on any atom is -0.497 e. The van der Waals surface area contributed by atoms with Gasteiger partial charge in [-0.1, -0.05) is 27.7 Å². The lowest BCUT2D eigenvalue weighted by atomic mass is 9.91. The minimum atomic E-state index is -0.401. The van der Waals surface area contributed by atoms with Gasteiger partial charge in [0.05, 0.1) is 12.0 Å². The van der Waals surface area contributed by atoms with Crippen LogP contribution < -0.4 is 10.1 Å². The van der Waals surface area contributed by atoms with E-state index in [1.165, 1.54) is 21.6 Å².